The van der Waals surface area contributed by atoms with Gasteiger partial charge in [-0.15, -0.1) is 0 Å². The molecule has 11 heteroatoms. The Kier molecular flexibility index (Phi) is 6.57. The van der Waals surface area contributed by atoms with Crippen LogP contribution in [-0.4, -0.2) is 79.3 Å². The molecular formula is C17H26N4O6S. The van der Waals surface area contributed by atoms with Crippen molar-refractivity contribution in [3.05, 3.63) is 24.2 Å². The average Bonchev–Trinajstić information content (AvgIpc) is 3.38. The summed E-state index contributed by atoms with van der Waals surface area (Å²) in [6.45, 7) is 3.41. The lowest BCUT2D eigenvalue weighted by Crippen LogP contribution is -2.56. The molecule has 1 N–H and O–H groups in total. The molecule has 10 nitrogen and oxygen atoms in total. The Morgan fingerprint density at radius 1 is 1.25 bits per heavy atom. The lowest BCUT2D eigenvalue weighted by atomic mass is 10.2. The van der Waals surface area contributed by atoms with E-state index >= 15 is 0 Å². The second-order valence-electron chi connectivity index (χ2n) is 6.66. The molecule has 0 saturated carbocycles. The number of nitrogens with zero attached hydrogens (tertiary/aromatic N) is 3. The molecule has 1 aromatic heterocycles. The van der Waals surface area contributed by atoms with Crippen molar-refractivity contribution in [3.63, 3.8) is 0 Å². The number of hydrogen-bond donors (Lipinski definition) is 1. The summed E-state index contributed by atoms with van der Waals surface area (Å²) >= 11 is 0. The Balaban J connectivity index is 1.59. The Hall–Kier alpha value is -2.11. The van der Waals surface area contributed by atoms with Gasteiger partial charge in [-0.2, -0.15) is 17.0 Å². The zero-order chi connectivity index (χ0) is 20.1. The maximum Gasteiger partial charge on any atom is 0.409 e. The second-order valence-corrected chi connectivity index (χ2v) is 8.54. The van der Waals surface area contributed by atoms with Gasteiger partial charge in [0.15, 0.2) is 0 Å². The van der Waals surface area contributed by atoms with Gasteiger partial charge in [-0.05, 0) is 31.9 Å². The highest BCUT2D eigenvalue weighted by molar-refractivity contribution is 7.86. The number of ether oxygens (including phenoxy) is 1. The van der Waals surface area contributed by atoms with Gasteiger partial charge in [-0.1, -0.05) is 0 Å². The molecule has 2 saturated heterocycles. The molecule has 2 aliphatic heterocycles. The first-order valence-electron chi connectivity index (χ1n) is 9.42. The first-order chi connectivity index (χ1) is 13.4. The van der Waals surface area contributed by atoms with Crippen LogP contribution >= 0.6 is 0 Å². The summed E-state index contributed by atoms with van der Waals surface area (Å²) < 4.78 is 38.9. The fourth-order valence-electron chi connectivity index (χ4n) is 3.45. The summed E-state index contributed by atoms with van der Waals surface area (Å²) in [5.74, 6) is 0.276. The molecule has 1 atom stereocenters. The molecule has 2 fully saturated rings. The average molecular weight is 414 g/mol. The standard InChI is InChI=1S/C17H26N4O6S/c1-2-26-17(23)19-8-10-20(11-9-19)28(24,25)21-7-3-6-15(21)16(22)18-13-14-5-4-12-27-14/h4-5,12,15H,2-3,6-11,13H2,1H3,(H,18,22). The largest absolute Gasteiger partial charge is 0.467 e. The highest BCUT2D eigenvalue weighted by atomic mass is 32.2. The van der Waals surface area contributed by atoms with Gasteiger partial charge in [0.2, 0.25) is 5.91 Å². The van der Waals surface area contributed by atoms with Crippen molar-refractivity contribution in [2.24, 2.45) is 0 Å². The van der Waals surface area contributed by atoms with Crippen molar-refractivity contribution < 1.29 is 27.2 Å². The van der Waals surface area contributed by atoms with Crippen LogP contribution in [-0.2, 0) is 26.3 Å². The number of piperazine rings is 1. The SMILES string of the molecule is CCOC(=O)N1CCN(S(=O)(=O)N2CCCC2C(=O)NCc2ccco2)CC1. The van der Waals surface area contributed by atoms with Gasteiger partial charge < -0.3 is 19.4 Å². The van der Waals surface area contributed by atoms with Crippen LogP contribution in [0.3, 0.4) is 0 Å². The fourth-order valence-corrected chi connectivity index (χ4v) is 5.25. The number of amides is 2. The molecule has 2 aliphatic rings. The smallest absolute Gasteiger partial charge is 0.409 e. The lowest BCUT2D eigenvalue weighted by molar-refractivity contribution is -0.124. The van der Waals surface area contributed by atoms with E-state index in [2.05, 4.69) is 5.32 Å². The normalized spacial score (nSPS) is 21.6. The van der Waals surface area contributed by atoms with E-state index < -0.39 is 22.3 Å². The van der Waals surface area contributed by atoms with Crippen molar-refractivity contribution in [1.82, 2.24) is 18.8 Å². The predicted molar refractivity (Wildman–Crippen MR) is 99.4 cm³/mol. The Morgan fingerprint density at radius 3 is 2.64 bits per heavy atom. The van der Waals surface area contributed by atoms with Crippen LogP contribution in [0.4, 0.5) is 4.79 Å². The van der Waals surface area contributed by atoms with E-state index in [0.717, 1.165) is 0 Å². The van der Waals surface area contributed by atoms with Crippen LogP contribution in [0.5, 0.6) is 0 Å². The minimum absolute atomic E-state index is 0.179. The Labute approximate surface area is 164 Å². The maximum absolute atomic E-state index is 13.1. The number of furan rings is 1. The number of carbonyl (C=O) groups excluding carboxylic acids is 2. The van der Waals surface area contributed by atoms with Gasteiger partial charge in [-0.3, -0.25) is 4.79 Å². The van der Waals surface area contributed by atoms with Gasteiger partial charge in [0.25, 0.3) is 10.2 Å². The molecule has 0 bridgehead atoms. The first kappa shape index (κ1) is 20.6. The highest BCUT2D eigenvalue weighted by Gasteiger charge is 2.42. The summed E-state index contributed by atoms with van der Waals surface area (Å²) in [6.07, 6.45) is 2.19. The van der Waals surface area contributed by atoms with Crippen molar-refractivity contribution >= 4 is 22.2 Å². The van der Waals surface area contributed by atoms with E-state index in [9.17, 15) is 18.0 Å². The zero-order valence-corrected chi connectivity index (χ0v) is 16.7. The second kappa shape index (κ2) is 8.93. The summed E-state index contributed by atoms with van der Waals surface area (Å²) in [4.78, 5) is 25.8. The molecule has 1 aromatic rings. The van der Waals surface area contributed by atoms with Gasteiger partial charge in [0, 0.05) is 32.7 Å². The number of hydrogen-bond acceptors (Lipinski definition) is 6. The van der Waals surface area contributed by atoms with Gasteiger partial charge in [0.1, 0.15) is 11.8 Å². The third kappa shape index (κ3) is 4.47. The van der Waals surface area contributed by atoms with Crippen molar-refractivity contribution in [2.75, 3.05) is 39.3 Å². The summed E-state index contributed by atoms with van der Waals surface area (Å²) in [7, 11) is -3.79. The molecule has 0 aromatic carbocycles. The maximum atomic E-state index is 13.1. The van der Waals surface area contributed by atoms with Gasteiger partial charge in [-0.25, -0.2) is 4.79 Å². The van der Waals surface area contributed by atoms with E-state index in [0.29, 0.717) is 25.1 Å². The summed E-state index contributed by atoms with van der Waals surface area (Å²) in [6, 6.07) is 2.74. The number of nitrogens with one attached hydrogen (secondary N) is 1. The van der Waals surface area contributed by atoms with E-state index in [1.54, 1.807) is 19.1 Å². The van der Waals surface area contributed by atoms with Crippen molar-refractivity contribution in [3.8, 4) is 0 Å². The lowest BCUT2D eigenvalue weighted by Gasteiger charge is -2.36. The minimum Gasteiger partial charge on any atom is -0.467 e. The Bertz CT molecular complexity index is 774. The topological polar surface area (TPSA) is 112 Å². The molecule has 1 unspecified atom stereocenters. The van der Waals surface area contributed by atoms with E-state index in [1.807, 2.05) is 0 Å². The van der Waals surface area contributed by atoms with Crippen LogP contribution in [0, 0.1) is 0 Å². The van der Waals surface area contributed by atoms with Crippen LogP contribution < -0.4 is 5.32 Å². The van der Waals surface area contributed by atoms with Crippen LogP contribution in [0.25, 0.3) is 0 Å². The zero-order valence-electron chi connectivity index (χ0n) is 15.9. The van der Waals surface area contributed by atoms with E-state index in [-0.39, 0.29) is 45.2 Å². The van der Waals surface area contributed by atoms with Crippen LogP contribution in [0.1, 0.15) is 25.5 Å². The monoisotopic (exact) mass is 414 g/mol. The molecule has 28 heavy (non-hydrogen) atoms. The Morgan fingerprint density at radius 2 is 2.00 bits per heavy atom. The first-order valence-corrected chi connectivity index (χ1v) is 10.8. The van der Waals surface area contributed by atoms with Crippen molar-refractivity contribution in [1.29, 1.82) is 0 Å². The minimum atomic E-state index is -3.79. The third-order valence-electron chi connectivity index (χ3n) is 4.91. The quantitative estimate of drug-likeness (QED) is 0.720. The molecule has 0 aliphatic carbocycles. The molecule has 2 amide bonds. The number of carbonyl (C=O) groups is 2. The molecule has 3 heterocycles. The fraction of sp³-hybridized carbons (Fsp3) is 0.647. The third-order valence-corrected chi connectivity index (χ3v) is 6.96. The summed E-state index contributed by atoms with van der Waals surface area (Å²) in [5, 5.41) is 2.74. The molecule has 0 spiro atoms. The van der Waals surface area contributed by atoms with Gasteiger partial charge >= 0.3 is 6.09 Å². The molecule has 3 rings (SSSR count). The van der Waals surface area contributed by atoms with E-state index in [1.165, 1.54) is 19.8 Å². The summed E-state index contributed by atoms with van der Waals surface area (Å²) in [5.41, 5.74) is 0. The molecular weight excluding hydrogens is 388 g/mol. The van der Waals surface area contributed by atoms with Crippen LogP contribution in [0.15, 0.2) is 22.8 Å². The molecule has 156 valence electrons. The van der Waals surface area contributed by atoms with Crippen molar-refractivity contribution in [2.45, 2.75) is 32.4 Å². The van der Waals surface area contributed by atoms with Crippen LogP contribution in [0.2, 0.25) is 0 Å². The van der Waals surface area contributed by atoms with E-state index in [4.69, 9.17) is 9.15 Å². The predicted octanol–water partition coefficient (Wildman–Crippen LogP) is 0.379. The molecule has 0 radical (unpaired) electrons. The number of rotatable bonds is 6. The van der Waals surface area contributed by atoms with Gasteiger partial charge in [0.05, 0.1) is 19.4 Å². The highest BCUT2D eigenvalue weighted by Crippen LogP contribution is 2.24.